The van der Waals surface area contributed by atoms with Gasteiger partial charge in [0.05, 0.1) is 0 Å². The van der Waals surface area contributed by atoms with E-state index in [0.717, 1.165) is 6.42 Å². The minimum Gasteiger partial charge on any atom is -0.368 e. The van der Waals surface area contributed by atoms with Crippen molar-refractivity contribution in [3.63, 3.8) is 0 Å². The van der Waals surface area contributed by atoms with Crippen molar-refractivity contribution < 1.29 is 0 Å². The maximum Gasteiger partial charge on any atom is 0.236 e. The SMILES string of the molecule is CCC=NNC(N)=NN=NN=C(N)N. The molecule has 0 aromatic carbocycles. The summed E-state index contributed by atoms with van der Waals surface area (Å²) < 4.78 is 0. The summed E-state index contributed by atoms with van der Waals surface area (Å²) in [6.07, 6.45) is 2.41. The topological polar surface area (TPSA) is 152 Å². The van der Waals surface area contributed by atoms with Gasteiger partial charge in [-0.1, -0.05) is 17.1 Å². The van der Waals surface area contributed by atoms with Gasteiger partial charge >= 0.3 is 0 Å². The molecule has 0 saturated carbocycles. The smallest absolute Gasteiger partial charge is 0.236 e. The summed E-state index contributed by atoms with van der Waals surface area (Å²) >= 11 is 0. The van der Waals surface area contributed by atoms with Crippen molar-refractivity contribution in [2.45, 2.75) is 13.3 Å². The Bertz CT molecular complexity index is 258. The third-order valence-corrected chi connectivity index (χ3v) is 0.806. The Labute approximate surface area is 80.8 Å². The summed E-state index contributed by atoms with van der Waals surface area (Å²) in [5.41, 5.74) is 17.6. The van der Waals surface area contributed by atoms with Gasteiger partial charge in [-0.25, -0.2) is 5.43 Å². The standard InChI is InChI=1S/C5H13N9/c1-2-3-9-11-5(8)12-14-13-10-4(6)7/h3H,2H2,1H3,(H4,6,7,10,14)(H3,8,11,12,13). The van der Waals surface area contributed by atoms with Gasteiger partial charge < -0.3 is 17.2 Å². The fourth-order valence-electron chi connectivity index (χ4n) is 0.365. The molecule has 0 heterocycles. The Morgan fingerprint density at radius 3 is 2.43 bits per heavy atom. The highest BCUT2D eigenvalue weighted by Gasteiger charge is 1.83. The van der Waals surface area contributed by atoms with E-state index in [4.69, 9.17) is 17.2 Å². The van der Waals surface area contributed by atoms with Gasteiger partial charge in [-0.05, 0) is 16.9 Å². The van der Waals surface area contributed by atoms with Gasteiger partial charge in [-0.15, -0.1) is 0 Å². The molecule has 9 nitrogen and oxygen atoms in total. The monoisotopic (exact) mass is 199 g/mol. The molecule has 78 valence electrons. The largest absolute Gasteiger partial charge is 0.368 e. The van der Waals surface area contributed by atoms with Crippen molar-refractivity contribution in [3.8, 4) is 0 Å². The first-order chi connectivity index (χ1) is 6.66. The van der Waals surface area contributed by atoms with Crippen LogP contribution < -0.4 is 22.6 Å². The third-order valence-electron chi connectivity index (χ3n) is 0.806. The zero-order valence-corrected chi connectivity index (χ0v) is 7.75. The van der Waals surface area contributed by atoms with Crippen LogP contribution in [0.1, 0.15) is 13.3 Å². The van der Waals surface area contributed by atoms with E-state index < -0.39 is 0 Å². The predicted molar refractivity (Wildman–Crippen MR) is 54.2 cm³/mol. The highest BCUT2D eigenvalue weighted by Crippen LogP contribution is 1.77. The number of hydrazone groups is 1. The second-order valence-corrected chi connectivity index (χ2v) is 2.02. The Morgan fingerprint density at radius 2 is 1.86 bits per heavy atom. The van der Waals surface area contributed by atoms with Gasteiger partial charge in [-0.3, -0.25) is 0 Å². The number of hydrogen-bond acceptors (Lipinski definition) is 3. The number of guanidine groups is 2. The van der Waals surface area contributed by atoms with Gasteiger partial charge in [0, 0.05) is 6.21 Å². The first-order valence-electron chi connectivity index (χ1n) is 3.76. The third kappa shape index (κ3) is 7.91. The molecule has 0 rings (SSSR count). The summed E-state index contributed by atoms with van der Waals surface area (Å²) in [7, 11) is 0. The molecule has 0 aliphatic rings. The van der Waals surface area contributed by atoms with Crippen LogP contribution in [0.3, 0.4) is 0 Å². The minimum absolute atomic E-state index is 0.00996. The average Bonchev–Trinajstić information content (AvgIpc) is 2.13. The molecule has 0 fully saturated rings. The lowest BCUT2D eigenvalue weighted by Crippen LogP contribution is -2.26. The van der Waals surface area contributed by atoms with Crippen molar-refractivity contribution in [3.05, 3.63) is 0 Å². The first kappa shape index (κ1) is 11.8. The van der Waals surface area contributed by atoms with Crippen molar-refractivity contribution in [1.29, 1.82) is 0 Å². The number of nitrogens with one attached hydrogen (secondary N) is 1. The zero-order valence-electron chi connectivity index (χ0n) is 7.75. The molecule has 0 aliphatic heterocycles. The second kappa shape index (κ2) is 7.46. The van der Waals surface area contributed by atoms with Crippen molar-refractivity contribution in [1.82, 2.24) is 5.43 Å². The van der Waals surface area contributed by atoms with E-state index >= 15 is 0 Å². The summed E-state index contributed by atoms with van der Waals surface area (Å²) in [6.45, 7) is 1.93. The molecule has 0 aromatic heterocycles. The molecular weight excluding hydrogens is 186 g/mol. The molecule has 0 saturated heterocycles. The van der Waals surface area contributed by atoms with Crippen LogP contribution in [0.2, 0.25) is 0 Å². The highest BCUT2D eigenvalue weighted by atomic mass is 15.5. The molecule has 0 unspecified atom stereocenters. The van der Waals surface area contributed by atoms with Crippen LogP contribution in [0, 0.1) is 0 Å². The van der Waals surface area contributed by atoms with E-state index in [-0.39, 0.29) is 11.9 Å². The van der Waals surface area contributed by atoms with E-state index in [1.54, 1.807) is 6.21 Å². The van der Waals surface area contributed by atoms with Crippen LogP contribution in [0.15, 0.2) is 25.8 Å². The number of rotatable bonds is 4. The molecule has 0 atom stereocenters. The normalized spacial score (nSPS) is 12.2. The molecule has 14 heavy (non-hydrogen) atoms. The van der Waals surface area contributed by atoms with Crippen molar-refractivity contribution in [2.24, 2.45) is 43.0 Å². The summed E-state index contributed by atoms with van der Waals surface area (Å²) in [4.78, 5) is 0. The molecule has 0 aromatic rings. The molecule has 9 heteroatoms. The maximum atomic E-state index is 5.29. The fourth-order valence-corrected chi connectivity index (χ4v) is 0.365. The lowest BCUT2D eigenvalue weighted by atomic mass is 10.6. The Morgan fingerprint density at radius 1 is 1.21 bits per heavy atom. The van der Waals surface area contributed by atoms with Crippen LogP contribution >= 0.6 is 0 Å². The van der Waals surface area contributed by atoms with Crippen LogP contribution in [-0.4, -0.2) is 18.1 Å². The van der Waals surface area contributed by atoms with Gasteiger partial charge in [0.25, 0.3) is 0 Å². The number of nitrogens with two attached hydrogens (primary N) is 3. The molecule has 7 N–H and O–H groups in total. The number of hydrogen-bond donors (Lipinski definition) is 4. The van der Waals surface area contributed by atoms with Crippen molar-refractivity contribution in [2.75, 3.05) is 0 Å². The summed E-state index contributed by atoms with van der Waals surface area (Å²) in [6, 6.07) is 0. The second-order valence-electron chi connectivity index (χ2n) is 2.02. The molecule has 0 aliphatic carbocycles. The first-order valence-corrected chi connectivity index (χ1v) is 3.76. The lowest BCUT2D eigenvalue weighted by molar-refractivity contribution is 0.913. The van der Waals surface area contributed by atoms with Gasteiger partial charge in [0.1, 0.15) is 0 Å². The van der Waals surface area contributed by atoms with E-state index in [1.165, 1.54) is 0 Å². The summed E-state index contributed by atoms with van der Waals surface area (Å²) in [5.74, 6) is -0.219. The Balaban J connectivity index is 3.93. The maximum absolute atomic E-state index is 5.29. The Hall–Kier alpha value is -2.19. The summed E-state index contributed by atoms with van der Waals surface area (Å²) in [5, 5.41) is 16.6. The van der Waals surface area contributed by atoms with Gasteiger partial charge in [0.15, 0.2) is 0 Å². The lowest BCUT2D eigenvalue weighted by Gasteiger charge is -1.92. The Kier molecular flexibility index (Phi) is 6.29. The van der Waals surface area contributed by atoms with Crippen molar-refractivity contribution >= 4 is 18.1 Å². The average molecular weight is 199 g/mol. The van der Waals surface area contributed by atoms with Gasteiger partial charge in [0.2, 0.25) is 11.9 Å². The van der Waals surface area contributed by atoms with E-state index in [2.05, 4.69) is 31.2 Å². The quantitative estimate of drug-likeness (QED) is 0.195. The minimum atomic E-state index is -0.209. The molecule has 0 bridgehead atoms. The molecule has 0 radical (unpaired) electrons. The van der Waals surface area contributed by atoms with E-state index in [0.29, 0.717) is 0 Å². The zero-order chi connectivity index (χ0) is 10.8. The van der Waals surface area contributed by atoms with E-state index in [9.17, 15) is 0 Å². The van der Waals surface area contributed by atoms with Crippen LogP contribution in [0.25, 0.3) is 0 Å². The highest BCUT2D eigenvalue weighted by molar-refractivity contribution is 5.78. The van der Waals surface area contributed by atoms with E-state index in [1.807, 2.05) is 6.92 Å². The molecular formula is C5H13N9. The van der Waals surface area contributed by atoms with Crippen LogP contribution in [-0.2, 0) is 0 Å². The predicted octanol–water partition coefficient (Wildman–Crippen LogP) is -1.16. The van der Waals surface area contributed by atoms with Crippen LogP contribution in [0.4, 0.5) is 0 Å². The molecule has 0 spiro atoms. The van der Waals surface area contributed by atoms with Crippen LogP contribution in [0.5, 0.6) is 0 Å². The van der Waals surface area contributed by atoms with Gasteiger partial charge in [-0.2, -0.15) is 5.10 Å². The fraction of sp³-hybridized carbons (Fsp3) is 0.400. The number of nitrogens with zero attached hydrogens (tertiary/aromatic N) is 5. The molecule has 0 amide bonds.